The molecule has 0 N–H and O–H groups in total. The van der Waals surface area contributed by atoms with E-state index in [0.29, 0.717) is 0 Å². The SMILES string of the molecule is C.C.C.C.C#CC#CC#CC#CC.C#CC#CC#CC#CC#C.C#CC#CC#CC#CC#CC.CC#CC#CC#CC#CC#CC.F.F.FF.FF.FF.FF.FF.FF.FF.FF.FF.FF.FF.FF.FF.FF.FF.FF.FF.FF.FF.FF.[2HH].[2HH].[2H][2H].[2H][2H].[2H][2H].[2H][2H].[2H][2H].[2H][2H].[2H][2H].[2H][2H].[2H][2H].[2H][2H].[2H][2H].[2H][2H].[2H][2H].[2H][2H].[2H][2H].[2H][2H].[2H][2H].[2H][2H].[2H][2H].[2H][2H].[B]B([B])B(B([B])[B])B([B])[B].[B]B([B])B([B])B(B([B])[B])B([B])[B].[B][B]B(B([B])[B])B([B])[B].[B][B]B([B])B(B([B])[B])B([B])[B].[HH].[HH].[HH].[HH].[HH].[HH].[HH].[HH].[HH].[HH].[HH].[HH].[HH].[HH].[HH].[HH].[HH].[HH].[HH].[HH].[HH].[HH]. The van der Waals surface area contributed by atoms with E-state index in [0.717, 1.165) is 0 Å². The van der Waals surface area contributed by atoms with Gasteiger partial charge >= 0.3 is 0 Å². The lowest BCUT2D eigenvalue weighted by atomic mass is 8.53. The van der Waals surface area contributed by atoms with Crippen molar-refractivity contribution in [3.63, 3.8) is 0 Å². The van der Waals surface area contributed by atoms with Crippen LogP contribution < -0.4 is 0 Å². The maximum Gasteiger partial charge on any atom is 0 e. The van der Waals surface area contributed by atoms with Crippen molar-refractivity contribution in [1.29, 1.82) is 0 Å². The lowest BCUT2D eigenvalue weighted by Gasteiger charge is -2.29. The summed E-state index contributed by atoms with van der Waals surface area (Å²) < 4.78 is 520. The third-order valence-electron chi connectivity index (χ3n) is 7.94. The molecule has 0 aliphatic carbocycles. The molecule has 0 saturated heterocycles. The smallest absolute Gasteiger partial charge is 0 e. The minimum atomic E-state index is -0.723. The van der Waals surface area contributed by atoms with E-state index in [1.165, 1.54) is 14.1 Å². The van der Waals surface area contributed by atoms with E-state index in [1.54, 1.807) is 27.7 Å². The minimum absolute atomic E-state index is 0. The molecular weight excluding hydrogens is 1800 g/mol. The van der Waals surface area contributed by atoms with E-state index in [1.807, 2.05) is 0 Å². The third kappa shape index (κ3) is 311. The van der Waals surface area contributed by atoms with E-state index >= 15 is 0 Å². The summed E-state index contributed by atoms with van der Waals surface area (Å²) in [6, 6.07) is 0. The summed E-state index contributed by atoms with van der Waals surface area (Å²) in [5, 5.41) is 0. The minimum Gasteiger partial charge on any atom is -0.269 e. The summed E-state index contributed by atoms with van der Waals surface area (Å²) >= 11 is 0. The average Bonchev–Trinajstić information content (AvgIpc) is 0.859. The van der Waals surface area contributed by atoms with Gasteiger partial charge in [0.2, 0.25) is 0 Å². The zero-order valence-corrected chi connectivity index (χ0v) is 63.5. The highest BCUT2D eigenvalue weighted by Crippen LogP contribution is 1.92. The fourth-order valence-electron chi connectivity index (χ4n) is 4.16. The van der Waals surface area contributed by atoms with E-state index in [-0.39, 0.29) is 86.1 Å². The van der Waals surface area contributed by atoms with Crippen LogP contribution in [0.2, 0.25) is 0 Å². The lowest BCUT2D eigenvalue weighted by molar-refractivity contribution is 0.108. The highest BCUT2D eigenvalue weighted by atomic mass is 20.0. The van der Waals surface area contributed by atoms with Crippen LogP contribution >= 0.6 is 0 Å². The predicted molar refractivity (Wildman–Crippen MR) is 586 cm³/mol. The van der Waals surface area contributed by atoms with Crippen molar-refractivity contribution in [1.82, 2.24) is 0 Å². The second-order valence-electron chi connectivity index (χ2n) is 14.4. The van der Waals surface area contributed by atoms with E-state index in [9.17, 15) is 0 Å². The molecule has 50 radical (unpaired) electrons. The van der Waals surface area contributed by atoms with Gasteiger partial charge in [0, 0.05) is 579 Å². The summed E-state index contributed by atoms with van der Waals surface area (Å²) in [7, 11) is 131. The lowest BCUT2D eigenvalue weighted by Crippen LogP contribution is -2.67. The first-order valence-corrected chi connectivity index (χ1v) is 26.2. The maximum absolute atomic E-state index is 8.00. The molecule has 0 aliphatic heterocycles. The Hall–Kier alpha value is -8.57. The molecule has 0 aromatic rings. The Morgan fingerprint density at radius 3 is 0.377 bits per heavy atom. The van der Waals surface area contributed by atoms with Gasteiger partial charge in [0.25, 0.3) is 0 Å². The predicted octanol–water partition coefficient (Wildman–Crippen LogP) is 17.1. The standard InChI is InChI=1S/C12H6.C11H4.C10H2.C9H4.4CH4.B12.B11.B10.B9.20F2.2FH.44H2/c1-3-5-7-9-11-12-10-8-6-4-2;1-3-5-7-9-11-10-8-6-4-2;1-3-5-7-9-10-8-6-4-2;1-3-5-7-9-8-6-4-2;;;;;1-8(2)11(7)12(9(3)4)10(5)6;1-7-10(6)11(8(2)3)9(4)5;1-7(2)10(8(3)4)9(5)6;1-6-9(7(2)3)8(4)5;20*1-2;;;;;;;;;;;;;;;;;;;;;;;;;;;;;;;;;;;;;;;;;;;;;;/h1-2H3;1H,2H3;1-2H;1H,2H3;4*1H4;;;;;;;;;;;;;;;;;;;;;;;;;46*1H/i;;;;;;;;;;;;;;;;;;;;;;;;;;;;;;;;;;20*1+1D;2*1+1;;;;;;;;;;;;;;;;;;;;;;. The first-order chi connectivity index (χ1) is 79.6. The highest BCUT2D eigenvalue weighted by Gasteiger charge is 2.30. The van der Waals surface area contributed by atoms with Crippen LogP contribution in [0.4, 0.5) is 192 Å². The van der Waals surface area contributed by atoms with Gasteiger partial charge in [-0.05, 0) is 205 Å². The Balaban J connectivity index is -0.00000000951. The first-order valence-electron chi connectivity index (χ1n) is 46.2. The number of terminal acetylenes is 4. The number of halogens is 42. The summed E-state index contributed by atoms with van der Waals surface area (Å²) in [4.78, 5) is 0. The van der Waals surface area contributed by atoms with Crippen molar-refractivity contribution in [2.24, 2.45) is 0 Å². The average molecular weight is 1970 g/mol. The molecular formula is C46H122B42F42. The van der Waals surface area contributed by atoms with Gasteiger partial charge in [-0.3, -0.25) is 9.41 Å². The fourth-order valence-corrected chi connectivity index (χ4v) is 4.16. The molecule has 0 nitrogen and oxygen atoms in total. The van der Waals surface area contributed by atoms with Crippen LogP contribution in [0.25, 0.3) is 0 Å². The summed E-state index contributed by atoms with van der Waals surface area (Å²) in [6.45, 7) is 6.86. The zero-order valence-electron chi connectivity index (χ0n) is 103. The molecule has 0 amide bonds. The van der Waals surface area contributed by atoms with Crippen LogP contribution in [0.1, 0.15) is 151 Å². The molecule has 0 heterocycles. The normalized spacial score (nSPS) is 6.03. The van der Waals surface area contributed by atoms with Crippen LogP contribution in [0.5, 0.6) is 0 Å². The van der Waals surface area contributed by atoms with E-state index in [4.69, 9.17) is 454 Å². The Morgan fingerprint density at radius 1 is 0.200 bits per heavy atom. The molecule has 0 aromatic heterocycles. The van der Waals surface area contributed by atoms with E-state index < -0.39 is 89.4 Å². The van der Waals surface area contributed by atoms with Crippen molar-refractivity contribution >= 4 is 302 Å². The molecule has 130 heavy (non-hydrogen) atoms. The highest BCUT2D eigenvalue weighted by molar-refractivity contribution is 8.05. The summed E-state index contributed by atoms with van der Waals surface area (Å²) in [5.41, 5.74) is 0. The molecule has 0 atom stereocenters. The van der Waals surface area contributed by atoms with Crippen LogP contribution in [0.3, 0.4) is 0 Å². The molecule has 0 saturated carbocycles. The molecule has 0 aromatic carbocycles. The number of rotatable bonds is 14. The van der Waals surface area contributed by atoms with Crippen LogP contribution in [0, 0.1) is 227 Å². The van der Waals surface area contributed by atoms with Gasteiger partial charge in [0.15, 0.2) is 0 Å². The molecule has 0 rings (SSSR count). The van der Waals surface area contributed by atoms with Gasteiger partial charge in [0.05, 0.1) is 0 Å². The number of hydrogen-bond acceptors (Lipinski definition) is 0. The summed E-state index contributed by atoms with van der Waals surface area (Å²) in [6.07, 6.45) is 10.00. The van der Waals surface area contributed by atoms with Crippen LogP contribution in [-0.4, -0.2) is 302 Å². The number of hydrogen-bond donors (Lipinski definition) is 0. The van der Waals surface area contributed by atoms with Crippen molar-refractivity contribution in [2.45, 2.75) is 57.4 Å². The van der Waals surface area contributed by atoms with Gasteiger partial charge in [-0.15, -0.1) is 25.7 Å². The third-order valence-corrected chi connectivity index (χ3v) is 7.94. The zero-order chi connectivity index (χ0) is 147. The van der Waals surface area contributed by atoms with Gasteiger partial charge in [-0.1, -0.05) is 53.4 Å². The van der Waals surface area contributed by atoms with Gasteiger partial charge < -0.3 is 0 Å². The molecule has 0 bridgehead atoms. The second kappa shape index (κ2) is 302. The van der Waals surface area contributed by atoms with Crippen LogP contribution in [0.15, 0.2) is 0 Å². The quantitative estimate of drug-likeness (QED) is 0.0924. The van der Waals surface area contributed by atoms with Crippen molar-refractivity contribution in [3.05, 3.63) is 0 Å². The van der Waals surface area contributed by atoms with Gasteiger partial charge in [-0.25, -0.2) is 0 Å². The van der Waals surface area contributed by atoms with Crippen molar-refractivity contribution < 1.29 is 286 Å². The molecule has 0 fully saturated rings. The topological polar surface area (TPSA) is 0 Å². The van der Waals surface area contributed by atoms with Crippen molar-refractivity contribution in [2.75, 3.05) is 0 Å². The molecule has 0 unspecified atom stereocenters. The Morgan fingerprint density at radius 2 is 0.323 bits per heavy atom. The monoisotopic (exact) mass is 1980 g/mol. The molecule has 0 aliphatic rings. The second-order valence-corrected chi connectivity index (χ2v) is 14.4. The van der Waals surface area contributed by atoms with Gasteiger partial charge in [0.1, 0.15) is 0 Å². The maximum atomic E-state index is 8.00. The Bertz CT molecular complexity index is 3210. The Labute approximate surface area is 872 Å². The summed E-state index contributed by atoms with van der Waals surface area (Å²) in [5.74, 6) is 82.9. The fraction of sp³-hybridized carbons (Fsp3) is 0.174. The van der Waals surface area contributed by atoms with Crippen molar-refractivity contribution in [3.8, 4) is 227 Å². The Kier molecular flexibility index (Phi) is 354. The van der Waals surface area contributed by atoms with E-state index in [2.05, 4.69) is 201 Å². The molecule has 726 valence electrons. The first kappa shape index (κ1) is 153. The molecule has 0 spiro atoms. The molecule has 84 heteroatoms. The van der Waals surface area contributed by atoms with Crippen LogP contribution in [-0.2, 0) is 0 Å². The van der Waals surface area contributed by atoms with Gasteiger partial charge in [-0.2, -0.15) is 0 Å². The largest absolute Gasteiger partial charge is 0.269 e.